The number of hydrogen-bond acceptors (Lipinski definition) is 12. The van der Waals surface area contributed by atoms with Crippen LogP contribution in [0.15, 0.2) is 60.7 Å². The first-order valence-electron chi connectivity index (χ1n) is 16.0. The lowest BCUT2D eigenvalue weighted by atomic mass is 9.98. The molecule has 2 aromatic rings. The minimum absolute atomic E-state index is 0.0849. The Hall–Kier alpha value is -3.17. The lowest BCUT2D eigenvalue weighted by Crippen LogP contribution is -2.67. The van der Waals surface area contributed by atoms with Crippen LogP contribution in [0.25, 0.3) is 0 Å². The Bertz CT molecular complexity index is 1330. The Labute approximate surface area is 283 Å². The molecule has 9 atom stereocenters. The summed E-state index contributed by atoms with van der Waals surface area (Å²) in [6.45, 7) is 11.9. The van der Waals surface area contributed by atoms with Crippen LogP contribution in [0.2, 0.25) is 5.04 Å². The summed E-state index contributed by atoms with van der Waals surface area (Å²) in [5.74, 6) is -1.98. The van der Waals surface area contributed by atoms with Crippen LogP contribution < -0.4 is 10.4 Å². The van der Waals surface area contributed by atoms with Crippen LogP contribution in [0.1, 0.15) is 48.5 Å². The molecule has 2 aliphatic rings. The molecule has 2 saturated heterocycles. The standard InChI is InChI=1S/C35H48O12Si/c1-21-28(43-22(2)36)30(44-23(3)37)32(45-24(4)38)34(42-21)47-29-27(46-33(40-9)31(29)39-8)20-41-48(35(5,6)7,25-16-12-10-13-17-25)26-18-14-11-15-19-26/h10-19,21,27-34H,20H2,1-9H3/t21-,27+,28-,29-,30+,31+,32+,33+,34-/m0/s1. The second-order valence-electron chi connectivity index (χ2n) is 13.0. The number of methoxy groups -OCH3 is 2. The average molecular weight is 689 g/mol. The van der Waals surface area contributed by atoms with Crippen LogP contribution in [0.5, 0.6) is 0 Å². The zero-order valence-corrected chi connectivity index (χ0v) is 30.1. The van der Waals surface area contributed by atoms with Crippen molar-refractivity contribution in [3.05, 3.63) is 60.7 Å². The van der Waals surface area contributed by atoms with Crippen molar-refractivity contribution in [1.82, 2.24) is 0 Å². The van der Waals surface area contributed by atoms with E-state index in [0.29, 0.717) is 0 Å². The highest BCUT2D eigenvalue weighted by Crippen LogP contribution is 2.39. The molecule has 0 radical (unpaired) electrons. The van der Waals surface area contributed by atoms with Gasteiger partial charge in [0.2, 0.25) is 0 Å². The largest absolute Gasteiger partial charge is 0.456 e. The molecule has 0 bridgehead atoms. The Kier molecular flexibility index (Phi) is 12.6. The third-order valence-electron chi connectivity index (χ3n) is 8.58. The molecule has 0 unspecified atom stereocenters. The fourth-order valence-electron chi connectivity index (χ4n) is 6.63. The fourth-order valence-corrected chi connectivity index (χ4v) is 11.2. The SMILES string of the molecule is CO[C@@H]1O[C@H](CO[Si](c2ccccc2)(c2ccccc2)C(C)(C)C)[C@H](O[C@@H]2O[C@@H](C)[C@H](OC(C)=O)[C@@H](OC(C)=O)[C@H]2OC(C)=O)[C@H]1OC. The van der Waals surface area contributed by atoms with Crippen molar-refractivity contribution >= 4 is 36.6 Å². The Morgan fingerprint density at radius 3 is 1.62 bits per heavy atom. The molecule has 2 aromatic carbocycles. The molecule has 13 heteroatoms. The number of carbonyl (C=O) groups excluding carboxylic acids is 3. The summed E-state index contributed by atoms with van der Waals surface area (Å²) in [5, 5.41) is 1.87. The molecule has 0 aliphatic carbocycles. The summed E-state index contributed by atoms with van der Waals surface area (Å²) >= 11 is 0. The van der Waals surface area contributed by atoms with Gasteiger partial charge in [-0.1, -0.05) is 81.4 Å². The van der Waals surface area contributed by atoms with E-state index in [1.165, 1.54) is 35.0 Å². The molecular weight excluding hydrogens is 640 g/mol. The third kappa shape index (κ3) is 8.16. The van der Waals surface area contributed by atoms with Crippen LogP contribution in [-0.2, 0) is 56.7 Å². The maximum absolute atomic E-state index is 12.3. The number of hydrogen-bond donors (Lipinski definition) is 0. The van der Waals surface area contributed by atoms with E-state index < -0.39 is 81.5 Å². The first-order chi connectivity index (χ1) is 22.7. The second-order valence-corrected chi connectivity index (χ2v) is 17.3. The van der Waals surface area contributed by atoms with Gasteiger partial charge in [-0.25, -0.2) is 0 Å². The molecule has 12 nitrogen and oxygen atoms in total. The monoisotopic (exact) mass is 688 g/mol. The first kappa shape index (κ1) is 37.6. The first-order valence-corrected chi connectivity index (χ1v) is 17.9. The smallest absolute Gasteiger partial charge is 0.303 e. The van der Waals surface area contributed by atoms with E-state index in [0.717, 1.165) is 10.4 Å². The second kappa shape index (κ2) is 16.0. The van der Waals surface area contributed by atoms with Gasteiger partial charge in [-0.15, -0.1) is 0 Å². The molecule has 2 aliphatic heterocycles. The minimum atomic E-state index is -2.99. The molecule has 4 rings (SSSR count). The Morgan fingerprint density at radius 1 is 0.667 bits per heavy atom. The van der Waals surface area contributed by atoms with E-state index in [4.69, 9.17) is 42.3 Å². The maximum atomic E-state index is 12.3. The molecule has 0 N–H and O–H groups in total. The van der Waals surface area contributed by atoms with Crippen LogP contribution in [0.4, 0.5) is 0 Å². The number of ether oxygens (including phenoxy) is 8. The van der Waals surface area contributed by atoms with E-state index in [-0.39, 0.29) is 11.6 Å². The summed E-state index contributed by atoms with van der Waals surface area (Å²) in [4.78, 5) is 36.5. The quantitative estimate of drug-likeness (QED) is 0.184. The van der Waals surface area contributed by atoms with Crippen LogP contribution in [0, 0.1) is 0 Å². The summed E-state index contributed by atoms with van der Waals surface area (Å²) in [5.41, 5.74) is 0. The molecule has 2 fully saturated rings. The molecule has 48 heavy (non-hydrogen) atoms. The third-order valence-corrected chi connectivity index (χ3v) is 13.6. The van der Waals surface area contributed by atoms with Crippen molar-refractivity contribution in [2.75, 3.05) is 20.8 Å². The number of carbonyl (C=O) groups is 3. The van der Waals surface area contributed by atoms with Crippen LogP contribution in [0.3, 0.4) is 0 Å². The topological polar surface area (TPSA) is 134 Å². The van der Waals surface area contributed by atoms with Gasteiger partial charge < -0.3 is 42.3 Å². The van der Waals surface area contributed by atoms with Gasteiger partial charge in [0, 0.05) is 35.0 Å². The predicted molar refractivity (Wildman–Crippen MR) is 176 cm³/mol. The van der Waals surface area contributed by atoms with Gasteiger partial charge in [0.1, 0.15) is 18.3 Å². The minimum Gasteiger partial charge on any atom is -0.456 e. The van der Waals surface area contributed by atoms with Gasteiger partial charge in [0.15, 0.2) is 30.9 Å². The van der Waals surface area contributed by atoms with E-state index in [1.54, 1.807) is 6.92 Å². The van der Waals surface area contributed by atoms with Crippen molar-refractivity contribution in [3.63, 3.8) is 0 Å². The van der Waals surface area contributed by atoms with Crippen LogP contribution >= 0.6 is 0 Å². The molecular formula is C35H48O12Si. The van der Waals surface area contributed by atoms with E-state index in [2.05, 4.69) is 45.0 Å². The summed E-state index contributed by atoms with van der Waals surface area (Å²) in [6, 6.07) is 20.4. The van der Waals surface area contributed by atoms with Crippen molar-refractivity contribution in [2.24, 2.45) is 0 Å². The van der Waals surface area contributed by atoms with Crippen molar-refractivity contribution < 1.29 is 56.7 Å². The van der Waals surface area contributed by atoms with E-state index in [1.807, 2.05) is 36.4 Å². The summed E-state index contributed by atoms with van der Waals surface area (Å²) < 4.78 is 54.5. The number of rotatable bonds is 12. The molecule has 0 spiro atoms. The van der Waals surface area contributed by atoms with Crippen molar-refractivity contribution in [2.45, 2.75) is 109 Å². The van der Waals surface area contributed by atoms with Gasteiger partial charge in [0.05, 0.1) is 12.7 Å². The van der Waals surface area contributed by atoms with Gasteiger partial charge in [-0.05, 0) is 22.3 Å². The maximum Gasteiger partial charge on any atom is 0.303 e. The molecule has 0 saturated carbocycles. The van der Waals surface area contributed by atoms with Gasteiger partial charge in [-0.3, -0.25) is 14.4 Å². The number of esters is 3. The van der Waals surface area contributed by atoms with E-state index >= 15 is 0 Å². The highest BCUT2D eigenvalue weighted by molar-refractivity contribution is 6.99. The highest BCUT2D eigenvalue weighted by atomic mass is 28.4. The van der Waals surface area contributed by atoms with Crippen molar-refractivity contribution in [3.8, 4) is 0 Å². The lowest BCUT2D eigenvalue weighted by Gasteiger charge is -2.45. The van der Waals surface area contributed by atoms with E-state index in [9.17, 15) is 14.4 Å². The summed E-state index contributed by atoms with van der Waals surface area (Å²) in [6.07, 6.45) is -8.89. The van der Waals surface area contributed by atoms with Crippen LogP contribution in [-0.4, -0.2) is 102 Å². The fraction of sp³-hybridized carbons (Fsp3) is 0.571. The summed E-state index contributed by atoms with van der Waals surface area (Å²) in [7, 11) is 0.0210. The average Bonchev–Trinajstić information content (AvgIpc) is 3.37. The highest BCUT2D eigenvalue weighted by Gasteiger charge is 2.56. The number of benzene rings is 2. The van der Waals surface area contributed by atoms with Crippen molar-refractivity contribution in [1.29, 1.82) is 0 Å². The Morgan fingerprint density at radius 2 is 1.17 bits per heavy atom. The Balaban J connectivity index is 1.72. The molecule has 2 heterocycles. The zero-order chi connectivity index (χ0) is 35.2. The normalized spacial score (nSPS) is 29.2. The van der Waals surface area contributed by atoms with Gasteiger partial charge in [-0.2, -0.15) is 0 Å². The van der Waals surface area contributed by atoms with Gasteiger partial charge in [0.25, 0.3) is 8.32 Å². The molecule has 0 aromatic heterocycles. The lowest BCUT2D eigenvalue weighted by molar-refractivity contribution is -0.317. The molecule has 0 amide bonds. The predicted octanol–water partition coefficient (Wildman–Crippen LogP) is 2.87. The molecule has 264 valence electrons. The van der Waals surface area contributed by atoms with Gasteiger partial charge >= 0.3 is 17.9 Å². The zero-order valence-electron chi connectivity index (χ0n) is 29.1.